The molecule has 16 heavy (non-hydrogen) atoms. The number of carbonyl (C=O) groups excluding carboxylic acids is 1. The predicted octanol–water partition coefficient (Wildman–Crippen LogP) is 0.368. The largest absolute Gasteiger partial charge is 0.352 e. The molecule has 0 bridgehead atoms. The van der Waals surface area contributed by atoms with Crippen LogP contribution in [0.2, 0.25) is 0 Å². The number of rotatable bonds is 3. The summed E-state index contributed by atoms with van der Waals surface area (Å²) >= 11 is 0. The van der Waals surface area contributed by atoms with E-state index in [0.29, 0.717) is 6.04 Å². The molecule has 6 heteroatoms. The Morgan fingerprint density at radius 1 is 1.44 bits per heavy atom. The lowest BCUT2D eigenvalue weighted by atomic mass is 9.87. The molecule has 88 valence electrons. The third kappa shape index (κ3) is 3.01. The lowest BCUT2D eigenvalue weighted by Gasteiger charge is -2.26. The molecule has 1 saturated carbocycles. The maximum atomic E-state index is 11.6. The fourth-order valence-electron chi connectivity index (χ4n) is 2.08. The molecule has 0 saturated heterocycles. The number of carbonyl (C=O) groups is 1. The molecule has 0 spiro atoms. The minimum absolute atomic E-state index is 0.00754. The highest BCUT2D eigenvalue weighted by molar-refractivity contribution is 5.75. The minimum Gasteiger partial charge on any atom is -0.352 e. The van der Waals surface area contributed by atoms with Crippen molar-refractivity contribution in [1.29, 1.82) is 0 Å². The van der Waals surface area contributed by atoms with Crippen molar-refractivity contribution in [2.24, 2.45) is 5.92 Å². The molecule has 1 fully saturated rings. The van der Waals surface area contributed by atoms with Crippen molar-refractivity contribution < 1.29 is 4.79 Å². The normalized spacial score (nSPS) is 25.3. The minimum atomic E-state index is -0.00754. The summed E-state index contributed by atoms with van der Waals surface area (Å²) in [7, 11) is 0. The summed E-state index contributed by atoms with van der Waals surface area (Å²) in [6, 6.07) is 0.334. The first kappa shape index (κ1) is 11.0. The Kier molecular flexibility index (Phi) is 3.48. The van der Waals surface area contributed by atoms with Crippen LogP contribution in [-0.4, -0.2) is 32.2 Å². The second kappa shape index (κ2) is 5.05. The van der Waals surface area contributed by atoms with E-state index in [0.717, 1.165) is 18.8 Å². The van der Waals surface area contributed by atoms with Crippen LogP contribution in [0.5, 0.6) is 0 Å². The summed E-state index contributed by atoms with van der Waals surface area (Å²) in [6.07, 6.45) is 6.03. The van der Waals surface area contributed by atoms with Crippen LogP contribution in [0.3, 0.4) is 0 Å². The molecule has 1 amide bonds. The first-order valence-corrected chi connectivity index (χ1v) is 5.74. The maximum absolute atomic E-state index is 11.6. The monoisotopic (exact) mass is 223 g/mol. The van der Waals surface area contributed by atoms with Crippen LogP contribution in [0.25, 0.3) is 0 Å². The average molecular weight is 223 g/mol. The van der Waals surface area contributed by atoms with Gasteiger partial charge in [-0.3, -0.25) is 4.79 Å². The molecule has 0 aromatic carbocycles. The van der Waals surface area contributed by atoms with Crippen LogP contribution in [0, 0.1) is 5.92 Å². The van der Waals surface area contributed by atoms with E-state index in [4.69, 9.17) is 0 Å². The van der Waals surface area contributed by atoms with Crippen molar-refractivity contribution in [2.45, 2.75) is 45.2 Å². The summed E-state index contributed by atoms with van der Waals surface area (Å²) < 4.78 is 1.43. The Morgan fingerprint density at radius 3 is 2.81 bits per heavy atom. The lowest BCUT2D eigenvalue weighted by Crippen LogP contribution is -2.39. The second-order valence-corrected chi connectivity index (χ2v) is 4.53. The molecule has 0 atom stereocenters. The van der Waals surface area contributed by atoms with E-state index in [-0.39, 0.29) is 12.5 Å². The SMILES string of the molecule is CC1CCC(NC(=O)Cn2cnnn2)CC1. The van der Waals surface area contributed by atoms with Crippen molar-refractivity contribution in [2.75, 3.05) is 0 Å². The van der Waals surface area contributed by atoms with Crippen LogP contribution in [-0.2, 0) is 11.3 Å². The van der Waals surface area contributed by atoms with Crippen LogP contribution < -0.4 is 5.32 Å². The van der Waals surface area contributed by atoms with Crippen molar-refractivity contribution in [3.8, 4) is 0 Å². The molecular formula is C10H17N5O. The van der Waals surface area contributed by atoms with Crippen molar-refractivity contribution in [3.05, 3.63) is 6.33 Å². The third-order valence-electron chi connectivity index (χ3n) is 3.08. The number of hydrogen-bond acceptors (Lipinski definition) is 4. The standard InChI is InChI=1S/C10H17N5O/c1-8-2-4-9(5-3-8)12-10(16)6-15-7-11-13-14-15/h7-9H,2-6H2,1H3,(H,12,16). The number of amides is 1. The number of tetrazole rings is 1. The fraction of sp³-hybridized carbons (Fsp3) is 0.800. The number of nitrogens with zero attached hydrogens (tertiary/aromatic N) is 4. The molecule has 2 rings (SSSR count). The number of nitrogens with one attached hydrogen (secondary N) is 1. The average Bonchev–Trinajstić information content (AvgIpc) is 2.74. The van der Waals surface area contributed by atoms with Gasteiger partial charge in [0.05, 0.1) is 0 Å². The van der Waals surface area contributed by atoms with E-state index in [9.17, 15) is 4.79 Å². The van der Waals surface area contributed by atoms with Gasteiger partial charge < -0.3 is 5.32 Å². The summed E-state index contributed by atoms with van der Waals surface area (Å²) in [5, 5.41) is 13.6. The Morgan fingerprint density at radius 2 is 2.19 bits per heavy atom. The zero-order valence-corrected chi connectivity index (χ0v) is 9.46. The highest BCUT2D eigenvalue weighted by atomic mass is 16.2. The van der Waals surface area contributed by atoms with Gasteiger partial charge in [0.25, 0.3) is 0 Å². The van der Waals surface area contributed by atoms with E-state index in [1.54, 1.807) is 0 Å². The molecule has 1 aromatic heterocycles. The Bertz CT molecular complexity index is 329. The van der Waals surface area contributed by atoms with Gasteiger partial charge in [-0.15, -0.1) is 5.10 Å². The highest BCUT2D eigenvalue weighted by Gasteiger charge is 2.19. The molecule has 1 aromatic rings. The van der Waals surface area contributed by atoms with Crippen molar-refractivity contribution >= 4 is 5.91 Å². The Labute approximate surface area is 94.4 Å². The summed E-state index contributed by atoms with van der Waals surface area (Å²) in [5.41, 5.74) is 0. The molecule has 0 aliphatic heterocycles. The third-order valence-corrected chi connectivity index (χ3v) is 3.08. The van der Waals surface area contributed by atoms with Crippen LogP contribution in [0.4, 0.5) is 0 Å². The first-order chi connectivity index (χ1) is 7.74. The van der Waals surface area contributed by atoms with Gasteiger partial charge in [0.2, 0.25) is 5.91 Å². The molecule has 1 heterocycles. The number of hydrogen-bond donors (Lipinski definition) is 1. The summed E-state index contributed by atoms with van der Waals surface area (Å²) in [5.74, 6) is 0.791. The number of aromatic nitrogens is 4. The molecule has 6 nitrogen and oxygen atoms in total. The summed E-state index contributed by atoms with van der Waals surface area (Å²) in [4.78, 5) is 11.6. The van der Waals surface area contributed by atoms with Gasteiger partial charge in [0.1, 0.15) is 12.9 Å². The predicted molar refractivity (Wildman–Crippen MR) is 57.4 cm³/mol. The van der Waals surface area contributed by atoms with Crippen molar-refractivity contribution in [1.82, 2.24) is 25.5 Å². The van der Waals surface area contributed by atoms with E-state index >= 15 is 0 Å². The smallest absolute Gasteiger partial charge is 0.242 e. The van der Waals surface area contributed by atoms with Gasteiger partial charge in [-0.05, 0) is 42.0 Å². The van der Waals surface area contributed by atoms with Gasteiger partial charge in [-0.1, -0.05) is 6.92 Å². The molecule has 1 aliphatic carbocycles. The van der Waals surface area contributed by atoms with Crippen LogP contribution >= 0.6 is 0 Å². The fourth-order valence-corrected chi connectivity index (χ4v) is 2.08. The van der Waals surface area contributed by atoms with Gasteiger partial charge in [-0.2, -0.15) is 0 Å². The molecular weight excluding hydrogens is 206 g/mol. The topological polar surface area (TPSA) is 72.7 Å². The van der Waals surface area contributed by atoms with E-state index in [2.05, 4.69) is 27.8 Å². The van der Waals surface area contributed by atoms with Crippen LogP contribution in [0.1, 0.15) is 32.6 Å². The van der Waals surface area contributed by atoms with Gasteiger partial charge in [0, 0.05) is 6.04 Å². The van der Waals surface area contributed by atoms with E-state index in [1.807, 2.05) is 0 Å². The molecule has 0 unspecified atom stereocenters. The Hall–Kier alpha value is -1.46. The van der Waals surface area contributed by atoms with Crippen LogP contribution in [0.15, 0.2) is 6.33 Å². The maximum Gasteiger partial charge on any atom is 0.242 e. The first-order valence-electron chi connectivity index (χ1n) is 5.74. The van der Waals surface area contributed by atoms with Gasteiger partial charge >= 0.3 is 0 Å². The molecule has 1 N–H and O–H groups in total. The van der Waals surface area contributed by atoms with E-state index in [1.165, 1.54) is 23.9 Å². The highest BCUT2D eigenvalue weighted by Crippen LogP contribution is 2.23. The second-order valence-electron chi connectivity index (χ2n) is 4.53. The van der Waals surface area contributed by atoms with Gasteiger partial charge in [-0.25, -0.2) is 4.68 Å². The van der Waals surface area contributed by atoms with E-state index < -0.39 is 0 Å². The Balaban J connectivity index is 1.75. The van der Waals surface area contributed by atoms with Gasteiger partial charge in [0.15, 0.2) is 0 Å². The zero-order valence-electron chi connectivity index (χ0n) is 9.46. The molecule has 1 aliphatic rings. The zero-order chi connectivity index (χ0) is 11.4. The van der Waals surface area contributed by atoms with Crippen molar-refractivity contribution in [3.63, 3.8) is 0 Å². The lowest BCUT2D eigenvalue weighted by molar-refractivity contribution is -0.122. The summed E-state index contributed by atoms with van der Waals surface area (Å²) in [6.45, 7) is 2.47. The molecule has 0 radical (unpaired) electrons. The quantitative estimate of drug-likeness (QED) is 0.803.